The van der Waals surface area contributed by atoms with E-state index in [4.69, 9.17) is 5.11 Å². The SMILES string of the molecule is C/C(=C\c1cc(C(F)(F)F)ccc1C(=O)O)[N+](=O)[O-]. The van der Waals surface area contributed by atoms with Gasteiger partial charge < -0.3 is 5.11 Å². The van der Waals surface area contributed by atoms with Gasteiger partial charge in [0, 0.05) is 13.0 Å². The monoisotopic (exact) mass is 275 g/mol. The number of carbonyl (C=O) groups is 1. The van der Waals surface area contributed by atoms with Crippen LogP contribution in [0.15, 0.2) is 23.9 Å². The number of alkyl halides is 3. The summed E-state index contributed by atoms with van der Waals surface area (Å²) in [6.07, 6.45) is -3.86. The van der Waals surface area contributed by atoms with E-state index in [1.807, 2.05) is 0 Å². The van der Waals surface area contributed by atoms with Gasteiger partial charge in [0.25, 0.3) is 0 Å². The standard InChI is InChI=1S/C11H8F3NO4/c1-6(15(18)19)4-7-5-8(11(12,13)14)2-3-9(7)10(16)17/h2-5H,1H3,(H,16,17)/b6-4+. The third-order valence-corrected chi connectivity index (χ3v) is 2.26. The number of hydrogen-bond donors (Lipinski definition) is 1. The molecule has 0 aliphatic carbocycles. The molecule has 0 bridgehead atoms. The van der Waals surface area contributed by atoms with Gasteiger partial charge in [0.1, 0.15) is 0 Å². The summed E-state index contributed by atoms with van der Waals surface area (Å²) < 4.78 is 37.5. The first-order valence-electron chi connectivity index (χ1n) is 4.90. The number of aromatic carboxylic acids is 1. The van der Waals surface area contributed by atoms with Crippen molar-refractivity contribution in [3.05, 3.63) is 50.7 Å². The molecule has 0 aliphatic rings. The van der Waals surface area contributed by atoms with E-state index in [1.165, 1.54) is 0 Å². The summed E-state index contributed by atoms with van der Waals surface area (Å²) in [4.78, 5) is 20.5. The van der Waals surface area contributed by atoms with Crippen LogP contribution in [0.25, 0.3) is 6.08 Å². The van der Waals surface area contributed by atoms with E-state index < -0.39 is 33.9 Å². The van der Waals surface area contributed by atoms with Crippen LogP contribution in [0.5, 0.6) is 0 Å². The van der Waals surface area contributed by atoms with Gasteiger partial charge in [-0.05, 0) is 23.8 Å². The zero-order valence-electron chi connectivity index (χ0n) is 9.56. The molecule has 1 rings (SSSR count). The minimum Gasteiger partial charge on any atom is -0.478 e. The summed E-state index contributed by atoms with van der Waals surface area (Å²) in [5, 5.41) is 19.3. The Morgan fingerprint density at radius 1 is 1.42 bits per heavy atom. The molecule has 0 heterocycles. The van der Waals surface area contributed by atoms with Crippen LogP contribution in [0, 0.1) is 10.1 Å². The Kier molecular flexibility index (Phi) is 3.93. The Hall–Kier alpha value is -2.38. The minimum atomic E-state index is -4.65. The molecule has 0 saturated carbocycles. The van der Waals surface area contributed by atoms with Crippen LogP contribution in [0.3, 0.4) is 0 Å². The summed E-state index contributed by atoms with van der Waals surface area (Å²) in [5.41, 5.74) is -2.33. The van der Waals surface area contributed by atoms with Crippen molar-refractivity contribution in [2.75, 3.05) is 0 Å². The first kappa shape index (κ1) is 14.7. The average molecular weight is 275 g/mol. The topological polar surface area (TPSA) is 80.4 Å². The van der Waals surface area contributed by atoms with Crippen LogP contribution in [0.4, 0.5) is 13.2 Å². The number of hydrogen-bond acceptors (Lipinski definition) is 3. The third kappa shape index (κ3) is 3.54. The zero-order chi connectivity index (χ0) is 14.8. The smallest absolute Gasteiger partial charge is 0.416 e. The Labute approximate surface area is 105 Å². The van der Waals surface area contributed by atoms with E-state index in [0.29, 0.717) is 12.1 Å². The predicted octanol–water partition coefficient (Wildman–Crippen LogP) is 3.04. The average Bonchev–Trinajstić information content (AvgIpc) is 2.27. The lowest BCUT2D eigenvalue weighted by Gasteiger charge is -2.09. The molecule has 0 amide bonds. The highest BCUT2D eigenvalue weighted by Gasteiger charge is 2.31. The molecule has 0 radical (unpaired) electrons. The van der Waals surface area contributed by atoms with Crippen LogP contribution in [-0.4, -0.2) is 16.0 Å². The first-order valence-corrected chi connectivity index (χ1v) is 4.90. The van der Waals surface area contributed by atoms with Gasteiger partial charge in [-0.1, -0.05) is 0 Å². The second kappa shape index (κ2) is 5.09. The molecular weight excluding hydrogens is 267 g/mol. The Morgan fingerprint density at radius 3 is 2.42 bits per heavy atom. The van der Waals surface area contributed by atoms with Crippen molar-refractivity contribution in [3.63, 3.8) is 0 Å². The van der Waals surface area contributed by atoms with E-state index in [9.17, 15) is 28.1 Å². The van der Waals surface area contributed by atoms with Crippen molar-refractivity contribution in [1.82, 2.24) is 0 Å². The molecule has 0 unspecified atom stereocenters. The van der Waals surface area contributed by atoms with Crippen molar-refractivity contribution < 1.29 is 28.0 Å². The van der Waals surface area contributed by atoms with E-state index in [0.717, 1.165) is 19.1 Å². The highest BCUT2D eigenvalue weighted by atomic mass is 19.4. The lowest BCUT2D eigenvalue weighted by Crippen LogP contribution is -2.08. The molecule has 0 atom stereocenters. The second-order valence-electron chi connectivity index (χ2n) is 3.65. The Balaban J connectivity index is 3.44. The number of nitrogens with zero attached hydrogens (tertiary/aromatic N) is 1. The van der Waals surface area contributed by atoms with Crippen LogP contribution in [-0.2, 0) is 6.18 Å². The summed E-state index contributed by atoms with van der Waals surface area (Å²) >= 11 is 0. The number of halogens is 3. The summed E-state index contributed by atoms with van der Waals surface area (Å²) in [7, 11) is 0. The maximum Gasteiger partial charge on any atom is 0.416 e. The zero-order valence-corrected chi connectivity index (χ0v) is 9.56. The fraction of sp³-hybridized carbons (Fsp3) is 0.182. The third-order valence-electron chi connectivity index (χ3n) is 2.26. The normalized spacial score (nSPS) is 12.3. The largest absolute Gasteiger partial charge is 0.478 e. The van der Waals surface area contributed by atoms with Gasteiger partial charge in [-0.25, -0.2) is 4.79 Å². The van der Waals surface area contributed by atoms with E-state index in [-0.39, 0.29) is 5.56 Å². The fourth-order valence-electron chi connectivity index (χ4n) is 1.33. The van der Waals surface area contributed by atoms with Crippen LogP contribution >= 0.6 is 0 Å². The first-order chi connectivity index (χ1) is 8.62. The maximum absolute atomic E-state index is 12.5. The lowest BCUT2D eigenvalue weighted by atomic mass is 10.0. The molecule has 0 fully saturated rings. The molecular formula is C11H8F3NO4. The van der Waals surface area contributed by atoms with Crippen molar-refractivity contribution >= 4 is 12.0 Å². The lowest BCUT2D eigenvalue weighted by molar-refractivity contribution is -0.422. The van der Waals surface area contributed by atoms with Gasteiger partial charge in [-0.15, -0.1) is 0 Å². The van der Waals surface area contributed by atoms with Crippen molar-refractivity contribution in [2.24, 2.45) is 0 Å². The molecule has 5 nitrogen and oxygen atoms in total. The van der Waals surface area contributed by atoms with Crippen molar-refractivity contribution in [1.29, 1.82) is 0 Å². The molecule has 0 saturated heterocycles. The minimum absolute atomic E-state index is 0.364. The van der Waals surface area contributed by atoms with Gasteiger partial charge in [0.15, 0.2) is 0 Å². The van der Waals surface area contributed by atoms with Gasteiger partial charge in [0.2, 0.25) is 5.70 Å². The molecule has 0 aromatic heterocycles. The fourth-order valence-corrected chi connectivity index (χ4v) is 1.33. The van der Waals surface area contributed by atoms with Crippen molar-refractivity contribution in [3.8, 4) is 0 Å². The highest BCUT2D eigenvalue weighted by Crippen LogP contribution is 2.31. The summed E-state index contributed by atoms with van der Waals surface area (Å²) in [6, 6.07) is 1.95. The summed E-state index contributed by atoms with van der Waals surface area (Å²) in [5.74, 6) is -1.46. The van der Waals surface area contributed by atoms with E-state index in [2.05, 4.69) is 0 Å². The molecule has 8 heteroatoms. The number of carboxylic acids is 1. The molecule has 0 aliphatic heterocycles. The molecule has 1 N–H and O–H groups in total. The second-order valence-corrected chi connectivity index (χ2v) is 3.65. The van der Waals surface area contributed by atoms with E-state index in [1.54, 1.807) is 0 Å². The maximum atomic E-state index is 12.5. The number of rotatable bonds is 3. The van der Waals surface area contributed by atoms with Gasteiger partial charge in [-0.2, -0.15) is 13.2 Å². The van der Waals surface area contributed by atoms with Crippen LogP contribution < -0.4 is 0 Å². The highest BCUT2D eigenvalue weighted by molar-refractivity contribution is 5.92. The Morgan fingerprint density at radius 2 is 2.00 bits per heavy atom. The van der Waals surface area contributed by atoms with Gasteiger partial charge >= 0.3 is 12.1 Å². The number of carboxylic acid groups (broad SMARTS) is 1. The molecule has 1 aromatic rings. The van der Waals surface area contributed by atoms with Crippen molar-refractivity contribution in [2.45, 2.75) is 13.1 Å². The predicted molar refractivity (Wildman–Crippen MR) is 59.0 cm³/mol. The van der Waals surface area contributed by atoms with Gasteiger partial charge in [-0.3, -0.25) is 10.1 Å². The molecule has 1 aromatic carbocycles. The van der Waals surface area contributed by atoms with E-state index >= 15 is 0 Å². The Bertz CT molecular complexity index is 564. The van der Waals surface area contributed by atoms with Gasteiger partial charge in [0.05, 0.1) is 16.1 Å². The molecule has 102 valence electrons. The van der Waals surface area contributed by atoms with Crippen LogP contribution in [0.1, 0.15) is 28.4 Å². The molecule has 0 spiro atoms. The quantitative estimate of drug-likeness (QED) is 0.679. The van der Waals surface area contributed by atoms with Crippen LogP contribution in [0.2, 0.25) is 0 Å². The summed E-state index contributed by atoms with van der Waals surface area (Å²) in [6.45, 7) is 1.06. The molecule has 19 heavy (non-hydrogen) atoms. The number of nitro groups is 1. The number of allylic oxidation sites excluding steroid dienone is 1. The number of benzene rings is 1.